The molecule has 2 nitrogen and oxygen atoms in total. The van der Waals surface area contributed by atoms with Gasteiger partial charge in [0, 0.05) is 12.4 Å². The van der Waals surface area contributed by atoms with E-state index in [0.717, 1.165) is 12.8 Å². The summed E-state index contributed by atoms with van der Waals surface area (Å²) in [6, 6.07) is 4.09. The Balaban J connectivity index is 2.19. The molecule has 12 heavy (non-hydrogen) atoms. The van der Waals surface area contributed by atoms with Gasteiger partial charge in [0.05, 0.1) is 5.66 Å². The maximum atomic E-state index is 6.29. The first-order valence-corrected chi connectivity index (χ1v) is 4.74. The van der Waals surface area contributed by atoms with E-state index in [0.29, 0.717) is 0 Å². The van der Waals surface area contributed by atoms with Gasteiger partial charge < -0.3 is 10.3 Å². The van der Waals surface area contributed by atoms with E-state index in [1.807, 2.05) is 12.1 Å². The molecule has 0 saturated heterocycles. The molecular weight excluding hydrogens is 148 g/mol. The van der Waals surface area contributed by atoms with Crippen LogP contribution in [-0.2, 0) is 5.66 Å². The summed E-state index contributed by atoms with van der Waals surface area (Å²) in [7, 11) is 0. The summed E-state index contributed by atoms with van der Waals surface area (Å²) in [6.07, 6.45) is 10.3. The minimum Gasteiger partial charge on any atom is -0.336 e. The largest absolute Gasteiger partial charge is 0.336 e. The van der Waals surface area contributed by atoms with Crippen LogP contribution in [-0.4, -0.2) is 4.57 Å². The Hall–Kier alpha value is -0.760. The second-order valence-corrected chi connectivity index (χ2v) is 3.75. The average Bonchev–Trinajstić information content (AvgIpc) is 2.58. The summed E-state index contributed by atoms with van der Waals surface area (Å²) >= 11 is 0. The predicted molar refractivity (Wildman–Crippen MR) is 49.7 cm³/mol. The van der Waals surface area contributed by atoms with Crippen LogP contribution in [0.15, 0.2) is 24.5 Å². The lowest BCUT2D eigenvalue weighted by Crippen LogP contribution is -2.43. The summed E-state index contributed by atoms with van der Waals surface area (Å²) in [6.45, 7) is 0. The van der Waals surface area contributed by atoms with Gasteiger partial charge in [-0.1, -0.05) is 6.42 Å². The fraction of sp³-hybridized carbons (Fsp3) is 0.600. The Morgan fingerprint density at radius 1 is 1.00 bits per heavy atom. The molecule has 2 rings (SSSR count). The summed E-state index contributed by atoms with van der Waals surface area (Å²) in [5.74, 6) is 0. The van der Waals surface area contributed by atoms with Crippen molar-refractivity contribution >= 4 is 0 Å². The highest BCUT2D eigenvalue weighted by atomic mass is 15.1. The molecular formula is C10H16N2. The lowest BCUT2D eigenvalue weighted by atomic mass is 9.89. The van der Waals surface area contributed by atoms with Crippen LogP contribution in [0.25, 0.3) is 0 Å². The predicted octanol–water partition coefficient (Wildman–Crippen LogP) is 2.06. The Kier molecular flexibility index (Phi) is 1.93. The van der Waals surface area contributed by atoms with Crippen molar-refractivity contribution in [2.45, 2.75) is 37.8 Å². The van der Waals surface area contributed by atoms with Gasteiger partial charge in [0.2, 0.25) is 0 Å². The Bertz CT molecular complexity index is 232. The molecule has 66 valence electrons. The van der Waals surface area contributed by atoms with Gasteiger partial charge in [0.1, 0.15) is 0 Å². The van der Waals surface area contributed by atoms with Crippen LogP contribution in [0.5, 0.6) is 0 Å². The molecule has 0 aliphatic heterocycles. The number of hydrogen-bond donors (Lipinski definition) is 1. The number of nitrogens with zero attached hydrogens (tertiary/aromatic N) is 1. The zero-order valence-electron chi connectivity index (χ0n) is 7.37. The maximum Gasteiger partial charge on any atom is 0.0920 e. The SMILES string of the molecule is NC1(n2cccc2)CCCCC1. The van der Waals surface area contributed by atoms with Crippen molar-refractivity contribution < 1.29 is 0 Å². The third kappa shape index (κ3) is 1.27. The summed E-state index contributed by atoms with van der Waals surface area (Å²) in [4.78, 5) is 0. The minimum atomic E-state index is -0.0816. The molecule has 0 radical (unpaired) electrons. The van der Waals surface area contributed by atoms with Gasteiger partial charge in [-0.05, 0) is 37.8 Å². The molecule has 1 saturated carbocycles. The van der Waals surface area contributed by atoms with E-state index in [4.69, 9.17) is 5.73 Å². The maximum absolute atomic E-state index is 6.29. The molecule has 1 aliphatic carbocycles. The van der Waals surface area contributed by atoms with Crippen LogP contribution in [0, 0.1) is 0 Å². The van der Waals surface area contributed by atoms with E-state index in [1.54, 1.807) is 0 Å². The Morgan fingerprint density at radius 2 is 1.58 bits per heavy atom. The Morgan fingerprint density at radius 3 is 2.17 bits per heavy atom. The molecule has 2 N–H and O–H groups in total. The lowest BCUT2D eigenvalue weighted by Gasteiger charge is -2.35. The molecule has 0 amide bonds. The highest BCUT2D eigenvalue weighted by Gasteiger charge is 2.27. The van der Waals surface area contributed by atoms with Gasteiger partial charge in [-0.2, -0.15) is 0 Å². The van der Waals surface area contributed by atoms with Gasteiger partial charge in [0.25, 0.3) is 0 Å². The zero-order valence-corrected chi connectivity index (χ0v) is 7.37. The van der Waals surface area contributed by atoms with Crippen LogP contribution >= 0.6 is 0 Å². The van der Waals surface area contributed by atoms with E-state index in [9.17, 15) is 0 Å². The zero-order chi connectivity index (χ0) is 8.44. The number of rotatable bonds is 1. The van der Waals surface area contributed by atoms with E-state index in [2.05, 4.69) is 17.0 Å². The van der Waals surface area contributed by atoms with Crippen LogP contribution in [0.1, 0.15) is 32.1 Å². The highest BCUT2D eigenvalue weighted by Crippen LogP contribution is 2.29. The van der Waals surface area contributed by atoms with Crippen LogP contribution in [0.3, 0.4) is 0 Å². The molecule has 1 aromatic rings. The van der Waals surface area contributed by atoms with E-state index >= 15 is 0 Å². The second kappa shape index (κ2) is 2.94. The van der Waals surface area contributed by atoms with Gasteiger partial charge >= 0.3 is 0 Å². The molecule has 0 atom stereocenters. The molecule has 1 heterocycles. The molecule has 0 aromatic carbocycles. The summed E-state index contributed by atoms with van der Waals surface area (Å²) in [5, 5.41) is 0. The van der Waals surface area contributed by atoms with E-state index in [1.165, 1.54) is 19.3 Å². The fourth-order valence-electron chi connectivity index (χ4n) is 2.05. The molecule has 0 unspecified atom stereocenters. The fourth-order valence-corrected chi connectivity index (χ4v) is 2.05. The molecule has 1 aromatic heterocycles. The van der Waals surface area contributed by atoms with Crippen molar-refractivity contribution in [1.82, 2.24) is 4.57 Å². The standard InChI is InChI=1S/C10H16N2/c11-10(6-2-1-3-7-10)12-8-4-5-9-12/h4-5,8-9H,1-3,6-7,11H2. The topological polar surface area (TPSA) is 30.9 Å². The number of aromatic nitrogens is 1. The monoisotopic (exact) mass is 164 g/mol. The Labute approximate surface area is 73.4 Å². The lowest BCUT2D eigenvalue weighted by molar-refractivity contribution is 0.202. The van der Waals surface area contributed by atoms with Gasteiger partial charge in [-0.15, -0.1) is 0 Å². The van der Waals surface area contributed by atoms with E-state index in [-0.39, 0.29) is 5.66 Å². The van der Waals surface area contributed by atoms with E-state index < -0.39 is 0 Å². The van der Waals surface area contributed by atoms with Crippen LogP contribution in [0.2, 0.25) is 0 Å². The molecule has 1 fully saturated rings. The third-order valence-electron chi connectivity index (χ3n) is 2.84. The first-order chi connectivity index (χ1) is 5.81. The highest BCUT2D eigenvalue weighted by molar-refractivity contribution is 4.97. The second-order valence-electron chi connectivity index (χ2n) is 3.75. The van der Waals surface area contributed by atoms with Gasteiger partial charge in [0.15, 0.2) is 0 Å². The molecule has 0 bridgehead atoms. The summed E-state index contributed by atoms with van der Waals surface area (Å²) in [5.41, 5.74) is 6.21. The smallest absolute Gasteiger partial charge is 0.0920 e. The van der Waals surface area contributed by atoms with Crippen molar-refractivity contribution in [3.63, 3.8) is 0 Å². The molecule has 2 heteroatoms. The average molecular weight is 164 g/mol. The van der Waals surface area contributed by atoms with Crippen molar-refractivity contribution in [3.8, 4) is 0 Å². The first kappa shape index (κ1) is 7.87. The van der Waals surface area contributed by atoms with Crippen LogP contribution in [0.4, 0.5) is 0 Å². The van der Waals surface area contributed by atoms with Gasteiger partial charge in [-0.25, -0.2) is 0 Å². The van der Waals surface area contributed by atoms with Crippen molar-refractivity contribution in [2.75, 3.05) is 0 Å². The van der Waals surface area contributed by atoms with Crippen molar-refractivity contribution in [1.29, 1.82) is 0 Å². The van der Waals surface area contributed by atoms with Crippen molar-refractivity contribution in [3.05, 3.63) is 24.5 Å². The molecule has 1 aliphatic rings. The number of nitrogens with two attached hydrogens (primary N) is 1. The third-order valence-corrected chi connectivity index (χ3v) is 2.84. The summed E-state index contributed by atoms with van der Waals surface area (Å²) < 4.78 is 2.16. The van der Waals surface area contributed by atoms with Crippen LogP contribution < -0.4 is 5.73 Å². The molecule has 0 spiro atoms. The quantitative estimate of drug-likeness (QED) is 0.676. The normalized spacial score (nSPS) is 22.4. The van der Waals surface area contributed by atoms with Gasteiger partial charge in [-0.3, -0.25) is 0 Å². The van der Waals surface area contributed by atoms with Crippen molar-refractivity contribution in [2.24, 2.45) is 5.73 Å². The first-order valence-electron chi connectivity index (χ1n) is 4.74. The number of hydrogen-bond acceptors (Lipinski definition) is 1. The minimum absolute atomic E-state index is 0.0816.